The number of anilines is 3. The largest absolute Gasteiger partial charge is 0.382 e. The fraction of sp³-hybridized carbons (Fsp3) is 0. The molecule has 0 fully saturated rings. The Balaban J connectivity index is 2.22. The number of hydrogen-bond acceptors (Lipinski definition) is 4. The first-order chi connectivity index (χ1) is 7.24. The Kier molecular flexibility index (Phi) is 2.45. The topological polar surface area (TPSA) is 63.8 Å². The molecule has 2 aromatic rings. The van der Waals surface area contributed by atoms with Crippen LogP contribution in [0.1, 0.15) is 0 Å². The first-order valence-corrected chi connectivity index (χ1v) is 4.34. The van der Waals surface area contributed by atoms with Gasteiger partial charge in [-0.1, -0.05) is 6.07 Å². The summed E-state index contributed by atoms with van der Waals surface area (Å²) in [4.78, 5) is 7.84. The van der Waals surface area contributed by atoms with Crippen molar-refractivity contribution in [2.75, 3.05) is 11.1 Å². The van der Waals surface area contributed by atoms with Crippen LogP contribution in [0.15, 0.2) is 36.7 Å². The highest BCUT2D eigenvalue weighted by molar-refractivity contribution is 5.56. The van der Waals surface area contributed by atoms with Gasteiger partial charge in [0.25, 0.3) is 0 Å². The SMILES string of the molecule is Nc1cncc(Nc2cccc(F)c2)n1. The average Bonchev–Trinajstić information content (AvgIpc) is 2.17. The maximum atomic E-state index is 12.8. The van der Waals surface area contributed by atoms with Crippen molar-refractivity contribution in [1.29, 1.82) is 0 Å². The van der Waals surface area contributed by atoms with Crippen LogP contribution in [-0.2, 0) is 0 Å². The molecule has 5 heteroatoms. The molecule has 0 saturated heterocycles. The molecule has 3 N–H and O–H groups in total. The lowest BCUT2D eigenvalue weighted by atomic mass is 10.3. The predicted octanol–water partition coefficient (Wildman–Crippen LogP) is 1.94. The van der Waals surface area contributed by atoms with Crippen molar-refractivity contribution >= 4 is 17.3 Å². The molecular weight excluding hydrogens is 195 g/mol. The molecule has 0 unspecified atom stereocenters. The van der Waals surface area contributed by atoms with Crippen LogP contribution in [-0.4, -0.2) is 9.97 Å². The van der Waals surface area contributed by atoms with E-state index in [1.54, 1.807) is 12.1 Å². The number of halogens is 1. The summed E-state index contributed by atoms with van der Waals surface area (Å²) >= 11 is 0. The highest BCUT2D eigenvalue weighted by Gasteiger charge is 1.98. The number of rotatable bonds is 2. The van der Waals surface area contributed by atoms with E-state index in [2.05, 4.69) is 15.3 Å². The predicted molar refractivity (Wildman–Crippen MR) is 56.1 cm³/mol. The lowest BCUT2D eigenvalue weighted by Gasteiger charge is -2.04. The van der Waals surface area contributed by atoms with Gasteiger partial charge < -0.3 is 11.1 Å². The summed E-state index contributed by atoms with van der Waals surface area (Å²) < 4.78 is 12.8. The summed E-state index contributed by atoms with van der Waals surface area (Å²) in [6.45, 7) is 0. The normalized spacial score (nSPS) is 9.93. The second-order valence-corrected chi connectivity index (χ2v) is 2.96. The van der Waals surface area contributed by atoms with Gasteiger partial charge >= 0.3 is 0 Å². The summed E-state index contributed by atoms with van der Waals surface area (Å²) in [5.41, 5.74) is 6.06. The van der Waals surface area contributed by atoms with E-state index >= 15 is 0 Å². The van der Waals surface area contributed by atoms with Crippen LogP contribution in [0.3, 0.4) is 0 Å². The molecule has 0 radical (unpaired) electrons. The number of benzene rings is 1. The van der Waals surface area contributed by atoms with Crippen molar-refractivity contribution in [2.24, 2.45) is 0 Å². The van der Waals surface area contributed by atoms with Gasteiger partial charge in [0, 0.05) is 5.69 Å². The van der Waals surface area contributed by atoms with Crippen LogP contribution < -0.4 is 11.1 Å². The van der Waals surface area contributed by atoms with Crippen LogP contribution in [0, 0.1) is 5.82 Å². The Labute approximate surface area is 86.0 Å². The molecule has 0 bridgehead atoms. The van der Waals surface area contributed by atoms with E-state index in [0.29, 0.717) is 17.3 Å². The zero-order valence-corrected chi connectivity index (χ0v) is 7.81. The highest BCUT2D eigenvalue weighted by atomic mass is 19.1. The summed E-state index contributed by atoms with van der Waals surface area (Å²) in [6.07, 6.45) is 2.96. The summed E-state index contributed by atoms with van der Waals surface area (Å²) in [5, 5.41) is 2.89. The average molecular weight is 204 g/mol. The highest BCUT2D eigenvalue weighted by Crippen LogP contribution is 2.14. The number of aromatic nitrogens is 2. The maximum absolute atomic E-state index is 12.8. The summed E-state index contributed by atoms with van der Waals surface area (Å²) in [6, 6.07) is 6.08. The van der Waals surface area contributed by atoms with Crippen LogP contribution in [0.5, 0.6) is 0 Å². The maximum Gasteiger partial charge on any atom is 0.151 e. The first kappa shape index (κ1) is 9.39. The van der Waals surface area contributed by atoms with Crippen molar-refractivity contribution in [3.8, 4) is 0 Å². The molecule has 0 atom stereocenters. The van der Waals surface area contributed by atoms with Crippen molar-refractivity contribution in [1.82, 2.24) is 9.97 Å². The van der Waals surface area contributed by atoms with Gasteiger partial charge in [0.05, 0.1) is 12.4 Å². The Morgan fingerprint density at radius 1 is 1.27 bits per heavy atom. The zero-order chi connectivity index (χ0) is 10.7. The van der Waals surface area contributed by atoms with E-state index in [-0.39, 0.29) is 5.82 Å². The van der Waals surface area contributed by atoms with Crippen LogP contribution in [0.25, 0.3) is 0 Å². The Morgan fingerprint density at radius 3 is 2.87 bits per heavy atom. The van der Waals surface area contributed by atoms with Crippen LogP contribution in [0.4, 0.5) is 21.7 Å². The van der Waals surface area contributed by atoms with Gasteiger partial charge in [0.1, 0.15) is 11.6 Å². The molecule has 2 rings (SSSR count). The second kappa shape index (κ2) is 3.91. The van der Waals surface area contributed by atoms with Gasteiger partial charge in [-0.15, -0.1) is 0 Å². The van der Waals surface area contributed by atoms with E-state index in [1.165, 1.54) is 24.5 Å². The quantitative estimate of drug-likeness (QED) is 0.784. The fourth-order valence-electron chi connectivity index (χ4n) is 1.16. The number of nitrogens with zero attached hydrogens (tertiary/aromatic N) is 2. The lowest BCUT2D eigenvalue weighted by Crippen LogP contribution is -1.98. The standard InChI is InChI=1S/C10H9FN4/c11-7-2-1-3-8(4-7)14-10-6-13-5-9(12)15-10/h1-6H,(H3,12,14,15). The third-order valence-electron chi connectivity index (χ3n) is 1.75. The molecule has 4 nitrogen and oxygen atoms in total. The molecule has 1 aromatic carbocycles. The molecular formula is C10H9FN4. The molecule has 1 heterocycles. The monoisotopic (exact) mass is 204 g/mol. The van der Waals surface area contributed by atoms with Crippen LogP contribution in [0.2, 0.25) is 0 Å². The summed E-state index contributed by atoms with van der Waals surface area (Å²) in [7, 11) is 0. The van der Waals surface area contributed by atoms with Gasteiger partial charge in [-0.25, -0.2) is 9.37 Å². The van der Waals surface area contributed by atoms with Crippen molar-refractivity contribution in [3.63, 3.8) is 0 Å². The molecule has 0 aliphatic carbocycles. The minimum Gasteiger partial charge on any atom is -0.382 e. The van der Waals surface area contributed by atoms with Gasteiger partial charge in [-0.2, -0.15) is 0 Å². The smallest absolute Gasteiger partial charge is 0.151 e. The van der Waals surface area contributed by atoms with Crippen molar-refractivity contribution in [3.05, 3.63) is 42.5 Å². The third kappa shape index (κ3) is 2.40. The minimum atomic E-state index is -0.308. The third-order valence-corrected chi connectivity index (χ3v) is 1.75. The van der Waals surface area contributed by atoms with Gasteiger partial charge in [-0.05, 0) is 18.2 Å². The molecule has 0 amide bonds. The first-order valence-electron chi connectivity index (χ1n) is 4.34. The Hall–Kier alpha value is -2.17. The minimum absolute atomic E-state index is 0.308. The molecule has 15 heavy (non-hydrogen) atoms. The number of nitrogens with one attached hydrogen (secondary N) is 1. The number of nitrogen functional groups attached to an aromatic ring is 1. The Morgan fingerprint density at radius 2 is 2.13 bits per heavy atom. The van der Waals surface area contributed by atoms with E-state index in [1.807, 2.05) is 0 Å². The molecule has 0 aliphatic heterocycles. The zero-order valence-electron chi connectivity index (χ0n) is 7.81. The van der Waals surface area contributed by atoms with E-state index in [0.717, 1.165) is 0 Å². The molecule has 0 aliphatic rings. The summed E-state index contributed by atoms with van der Waals surface area (Å²) in [5.74, 6) is 0.494. The van der Waals surface area contributed by atoms with Gasteiger partial charge in [0.2, 0.25) is 0 Å². The molecule has 1 aromatic heterocycles. The van der Waals surface area contributed by atoms with Crippen molar-refractivity contribution < 1.29 is 4.39 Å². The van der Waals surface area contributed by atoms with E-state index < -0.39 is 0 Å². The van der Waals surface area contributed by atoms with E-state index in [9.17, 15) is 4.39 Å². The fourth-order valence-corrected chi connectivity index (χ4v) is 1.16. The molecule has 76 valence electrons. The second-order valence-electron chi connectivity index (χ2n) is 2.96. The number of nitrogens with two attached hydrogens (primary N) is 1. The van der Waals surface area contributed by atoms with Gasteiger partial charge in [-0.3, -0.25) is 4.98 Å². The Bertz CT molecular complexity index is 429. The number of hydrogen-bond donors (Lipinski definition) is 2. The van der Waals surface area contributed by atoms with Crippen molar-refractivity contribution in [2.45, 2.75) is 0 Å². The van der Waals surface area contributed by atoms with Crippen LogP contribution >= 0.6 is 0 Å². The van der Waals surface area contributed by atoms with E-state index in [4.69, 9.17) is 5.73 Å². The molecule has 0 saturated carbocycles. The van der Waals surface area contributed by atoms with Gasteiger partial charge in [0.15, 0.2) is 5.82 Å². The lowest BCUT2D eigenvalue weighted by molar-refractivity contribution is 0.628. The molecule has 0 spiro atoms.